The van der Waals surface area contributed by atoms with Crippen LogP contribution in [0.25, 0.3) is 0 Å². The van der Waals surface area contributed by atoms with Gasteiger partial charge in [-0.3, -0.25) is 0 Å². The highest BCUT2D eigenvalue weighted by Gasteiger charge is 2.32. The molecule has 0 aliphatic carbocycles. The third-order valence-corrected chi connectivity index (χ3v) is 3.84. The molecule has 2 heterocycles. The molecule has 84 valence electrons. The van der Waals surface area contributed by atoms with E-state index < -0.39 is 5.60 Å². The van der Waals surface area contributed by atoms with Gasteiger partial charge < -0.3 is 15.2 Å². The summed E-state index contributed by atoms with van der Waals surface area (Å²) in [7, 11) is 0. The Morgan fingerprint density at radius 1 is 1.73 bits per heavy atom. The van der Waals surface area contributed by atoms with Gasteiger partial charge in [0.15, 0.2) is 0 Å². The molecule has 2 unspecified atom stereocenters. The van der Waals surface area contributed by atoms with Gasteiger partial charge in [-0.15, -0.1) is 11.3 Å². The highest BCUT2D eigenvalue weighted by Crippen LogP contribution is 2.21. The maximum absolute atomic E-state index is 10.1. The molecule has 2 rings (SSSR count). The lowest BCUT2D eigenvalue weighted by Crippen LogP contribution is -2.41. The number of rotatable bonds is 4. The number of nitrogens with one attached hydrogen (secondary N) is 1. The molecule has 1 aliphatic heterocycles. The van der Waals surface area contributed by atoms with Crippen molar-refractivity contribution < 1.29 is 9.84 Å². The molecule has 0 amide bonds. The molecule has 0 radical (unpaired) electrons. The molecule has 1 aromatic heterocycles. The number of hydrogen-bond donors (Lipinski definition) is 2. The molecule has 3 nitrogen and oxygen atoms in total. The third-order valence-electron chi connectivity index (χ3n) is 2.79. The van der Waals surface area contributed by atoms with E-state index in [0.717, 1.165) is 6.42 Å². The van der Waals surface area contributed by atoms with Gasteiger partial charge >= 0.3 is 0 Å². The van der Waals surface area contributed by atoms with Crippen LogP contribution in [0.2, 0.25) is 0 Å². The standard InChI is InChI=1S/C11H17NO2S/c1-9(10-3-2-6-15-10)12-7-11(13)4-5-14-8-11/h2-3,6,9,12-13H,4-5,7-8H2,1H3. The lowest BCUT2D eigenvalue weighted by Gasteiger charge is -2.23. The van der Waals surface area contributed by atoms with Gasteiger partial charge in [-0.25, -0.2) is 0 Å². The number of thiophene rings is 1. The molecule has 0 saturated carbocycles. The molecule has 0 spiro atoms. The quantitative estimate of drug-likeness (QED) is 0.820. The number of aliphatic hydroxyl groups is 1. The van der Waals surface area contributed by atoms with Crippen molar-refractivity contribution in [3.8, 4) is 0 Å². The van der Waals surface area contributed by atoms with Crippen molar-refractivity contribution in [2.24, 2.45) is 0 Å². The van der Waals surface area contributed by atoms with Crippen molar-refractivity contribution in [2.45, 2.75) is 25.0 Å². The molecule has 0 aromatic carbocycles. The molecule has 2 atom stereocenters. The fourth-order valence-corrected chi connectivity index (χ4v) is 2.48. The van der Waals surface area contributed by atoms with Crippen molar-refractivity contribution in [3.05, 3.63) is 22.4 Å². The highest BCUT2D eigenvalue weighted by atomic mass is 32.1. The Kier molecular flexibility index (Phi) is 3.41. The lowest BCUT2D eigenvalue weighted by atomic mass is 10.0. The first-order chi connectivity index (χ1) is 7.20. The summed E-state index contributed by atoms with van der Waals surface area (Å²) in [4.78, 5) is 1.30. The van der Waals surface area contributed by atoms with Crippen LogP contribution in [0.3, 0.4) is 0 Å². The van der Waals surface area contributed by atoms with Crippen LogP contribution >= 0.6 is 11.3 Å². The van der Waals surface area contributed by atoms with Gasteiger partial charge in [0.25, 0.3) is 0 Å². The Labute approximate surface area is 94.1 Å². The van der Waals surface area contributed by atoms with E-state index >= 15 is 0 Å². The Morgan fingerprint density at radius 3 is 3.20 bits per heavy atom. The minimum atomic E-state index is -0.661. The summed E-state index contributed by atoms with van der Waals surface area (Å²) < 4.78 is 5.20. The smallest absolute Gasteiger partial charge is 0.103 e. The SMILES string of the molecule is CC(NCC1(O)CCOC1)c1cccs1. The van der Waals surface area contributed by atoms with E-state index in [1.54, 1.807) is 11.3 Å². The van der Waals surface area contributed by atoms with Crippen LogP contribution in [-0.2, 0) is 4.74 Å². The van der Waals surface area contributed by atoms with Crippen molar-refractivity contribution >= 4 is 11.3 Å². The first-order valence-electron chi connectivity index (χ1n) is 5.27. The summed E-state index contributed by atoms with van der Waals surface area (Å²) in [5.74, 6) is 0. The van der Waals surface area contributed by atoms with E-state index in [1.807, 2.05) is 6.07 Å². The zero-order chi connectivity index (χ0) is 10.7. The highest BCUT2D eigenvalue weighted by molar-refractivity contribution is 7.10. The zero-order valence-electron chi connectivity index (χ0n) is 8.90. The predicted octanol–water partition coefficient (Wildman–Crippen LogP) is 1.55. The second-order valence-corrected chi connectivity index (χ2v) is 5.12. The van der Waals surface area contributed by atoms with Gasteiger partial charge in [0.2, 0.25) is 0 Å². The predicted molar refractivity (Wildman–Crippen MR) is 61.1 cm³/mol. The normalized spacial score (nSPS) is 28.1. The van der Waals surface area contributed by atoms with E-state index in [9.17, 15) is 5.11 Å². The minimum Gasteiger partial charge on any atom is -0.386 e. The molecule has 2 N–H and O–H groups in total. The lowest BCUT2D eigenvalue weighted by molar-refractivity contribution is 0.0252. The van der Waals surface area contributed by atoms with Crippen LogP contribution < -0.4 is 5.32 Å². The van der Waals surface area contributed by atoms with E-state index in [0.29, 0.717) is 25.8 Å². The van der Waals surface area contributed by atoms with Crippen LogP contribution in [-0.4, -0.2) is 30.5 Å². The molecular weight excluding hydrogens is 210 g/mol. The molecule has 4 heteroatoms. The van der Waals surface area contributed by atoms with Crippen molar-refractivity contribution in [1.29, 1.82) is 0 Å². The Hall–Kier alpha value is -0.420. The number of hydrogen-bond acceptors (Lipinski definition) is 4. The third kappa shape index (κ3) is 2.78. The van der Waals surface area contributed by atoms with Crippen LogP contribution in [0.5, 0.6) is 0 Å². The first kappa shape index (κ1) is 11.1. The molecule has 1 aromatic rings. The van der Waals surface area contributed by atoms with Gasteiger partial charge in [-0.05, 0) is 18.4 Å². The molecule has 0 bridgehead atoms. The van der Waals surface area contributed by atoms with Gasteiger partial charge in [0, 0.05) is 30.5 Å². The van der Waals surface area contributed by atoms with Crippen molar-refractivity contribution in [3.63, 3.8) is 0 Å². The molecule has 1 fully saturated rings. The molecule has 1 saturated heterocycles. The second-order valence-electron chi connectivity index (χ2n) is 4.14. The summed E-state index contributed by atoms with van der Waals surface area (Å²) in [6.45, 7) is 3.85. The van der Waals surface area contributed by atoms with Gasteiger partial charge in [-0.2, -0.15) is 0 Å². The van der Waals surface area contributed by atoms with Crippen LogP contribution in [0.4, 0.5) is 0 Å². The van der Waals surface area contributed by atoms with Gasteiger partial charge in [0.1, 0.15) is 5.60 Å². The van der Waals surface area contributed by atoms with Crippen LogP contribution in [0, 0.1) is 0 Å². The monoisotopic (exact) mass is 227 g/mol. The first-order valence-corrected chi connectivity index (χ1v) is 6.14. The van der Waals surface area contributed by atoms with Gasteiger partial charge in [-0.1, -0.05) is 6.07 Å². The van der Waals surface area contributed by atoms with Crippen molar-refractivity contribution in [1.82, 2.24) is 5.32 Å². The van der Waals surface area contributed by atoms with E-state index in [4.69, 9.17) is 4.74 Å². The average molecular weight is 227 g/mol. The molecular formula is C11H17NO2S. The van der Waals surface area contributed by atoms with Crippen molar-refractivity contribution in [2.75, 3.05) is 19.8 Å². The summed E-state index contributed by atoms with van der Waals surface area (Å²) in [6, 6.07) is 4.46. The maximum atomic E-state index is 10.1. The average Bonchev–Trinajstić information content (AvgIpc) is 2.85. The Balaban J connectivity index is 1.83. The topological polar surface area (TPSA) is 41.5 Å². The van der Waals surface area contributed by atoms with Crippen LogP contribution in [0.1, 0.15) is 24.3 Å². The fraction of sp³-hybridized carbons (Fsp3) is 0.636. The van der Waals surface area contributed by atoms with E-state index in [1.165, 1.54) is 4.88 Å². The van der Waals surface area contributed by atoms with E-state index in [2.05, 4.69) is 23.7 Å². The Bertz CT molecular complexity index is 294. The minimum absolute atomic E-state index is 0.301. The Morgan fingerprint density at radius 2 is 2.60 bits per heavy atom. The molecule has 1 aliphatic rings. The zero-order valence-corrected chi connectivity index (χ0v) is 9.72. The second kappa shape index (κ2) is 4.61. The van der Waals surface area contributed by atoms with E-state index in [-0.39, 0.29) is 0 Å². The largest absolute Gasteiger partial charge is 0.386 e. The summed E-state index contributed by atoms with van der Waals surface area (Å²) in [6.07, 6.45) is 0.733. The summed E-state index contributed by atoms with van der Waals surface area (Å²) >= 11 is 1.74. The summed E-state index contributed by atoms with van der Waals surface area (Å²) in [5, 5.41) is 15.5. The maximum Gasteiger partial charge on any atom is 0.103 e. The van der Waals surface area contributed by atoms with Crippen LogP contribution in [0.15, 0.2) is 17.5 Å². The fourth-order valence-electron chi connectivity index (χ4n) is 1.72. The van der Waals surface area contributed by atoms with Gasteiger partial charge in [0.05, 0.1) is 6.61 Å². The number of ether oxygens (including phenoxy) is 1. The molecule has 15 heavy (non-hydrogen) atoms. The summed E-state index contributed by atoms with van der Waals surface area (Å²) in [5.41, 5.74) is -0.661.